The van der Waals surface area contributed by atoms with E-state index in [2.05, 4.69) is 28.8 Å². The maximum Gasteiger partial charge on any atom is 0.130 e. The molecular weight excluding hydrogens is 206 g/mol. The van der Waals surface area contributed by atoms with Crippen LogP contribution < -0.4 is 5.32 Å². The van der Waals surface area contributed by atoms with Crippen molar-refractivity contribution in [2.24, 2.45) is 0 Å². The Labute approximate surface area is 96.5 Å². The second-order valence-electron chi connectivity index (χ2n) is 4.03. The van der Waals surface area contributed by atoms with Gasteiger partial charge in [-0.05, 0) is 13.3 Å². The van der Waals surface area contributed by atoms with Crippen molar-refractivity contribution in [3.63, 3.8) is 0 Å². The summed E-state index contributed by atoms with van der Waals surface area (Å²) in [5, 5.41) is 8.29. The summed E-state index contributed by atoms with van der Waals surface area (Å²) in [6.45, 7) is 4.47. The molecule has 86 valence electrons. The zero-order valence-corrected chi connectivity index (χ0v) is 10.5. The maximum atomic E-state index is 3.83. The van der Waals surface area contributed by atoms with E-state index in [4.69, 9.17) is 0 Å². The summed E-state index contributed by atoms with van der Waals surface area (Å²) in [7, 11) is 0. The Hall–Kier alpha value is -0.640. The molecule has 1 aromatic heterocycles. The number of rotatable bonds is 8. The molecule has 0 aliphatic heterocycles. The van der Waals surface area contributed by atoms with Crippen LogP contribution in [0.25, 0.3) is 0 Å². The summed E-state index contributed by atoms with van der Waals surface area (Å²) in [6, 6.07) is 0.536. The van der Waals surface area contributed by atoms with Crippen molar-refractivity contribution >= 4 is 16.5 Å². The third-order valence-electron chi connectivity index (χ3n) is 2.49. The van der Waals surface area contributed by atoms with E-state index >= 15 is 0 Å². The van der Waals surface area contributed by atoms with Crippen molar-refractivity contribution in [3.05, 3.63) is 6.20 Å². The summed E-state index contributed by atoms with van der Waals surface area (Å²) in [4.78, 5) is 0. The normalized spacial score (nSPS) is 12.7. The van der Waals surface area contributed by atoms with Crippen molar-refractivity contribution in [3.8, 4) is 0 Å². The molecule has 0 spiro atoms. The molecule has 1 heterocycles. The van der Waals surface area contributed by atoms with Gasteiger partial charge in [0.1, 0.15) is 5.00 Å². The largest absolute Gasteiger partial charge is 0.372 e. The standard InChI is InChI=1S/C11H21N3S/c1-3-4-5-6-7-8-10(2)13-11-9-12-14-15-11/h9-10,13H,3-8H2,1-2H3. The number of hydrogen-bond acceptors (Lipinski definition) is 4. The first-order chi connectivity index (χ1) is 7.33. The number of hydrogen-bond donors (Lipinski definition) is 1. The van der Waals surface area contributed by atoms with Crippen LogP contribution >= 0.6 is 11.5 Å². The first-order valence-electron chi connectivity index (χ1n) is 5.86. The Morgan fingerprint density at radius 1 is 1.33 bits per heavy atom. The first-order valence-corrected chi connectivity index (χ1v) is 6.64. The lowest BCUT2D eigenvalue weighted by molar-refractivity contribution is 0.579. The molecule has 1 rings (SSSR count). The summed E-state index contributed by atoms with van der Waals surface area (Å²) < 4.78 is 3.83. The van der Waals surface area contributed by atoms with Gasteiger partial charge < -0.3 is 5.32 Å². The summed E-state index contributed by atoms with van der Waals surface area (Å²) in [6.07, 6.45) is 9.79. The minimum Gasteiger partial charge on any atom is -0.372 e. The molecule has 0 radical (unpaired) electrons. The molecule has 0 aliphatic rings. The molecular formula is C11H21N3S. The number of unbranched alkanes of at least 4 members (excludes halogenated alkanes) is 4. The van der Waals surface area contributed by atoms with Gasteiger partial charge in [-0.1, -0.05) is 43.5 Å². The lowest BCUT2D eigenvalue weighted by atomic mass is 10.1. The van der Waals surface area contributed by atoms with Crippen molar-refractivity contribution in [2.75, 3.05) is 5.32 Å². The van der Waals surface area contributed by atoms with Gasteiger partial charge >= 0.3 is 0 Å². The second kappa shape index (κ2) is 7.63. The average molecular weight is 227 g/mol. The number of anilines is 1. The Bertz CT molecular complexity index is 236. The highest BCUT2D eigenvalue weighted by atomic mass is 32.1. The molecule has 0 saturated carbocycles. The molecule has 3 nitrogen and oxygen atoms in total. The molecule has 1 atom stereocenters. The summed E-state index contributed by atoms with van der Waals surface area (Å²) in [5.74, 6) is 0. The highest BCUT2D eigenvalue weighted by molar-refractivity contribution is 7.09. The van der Waals surface area contributed by atoms with Crippen LogP contribution in [0.3, 0.4) is 0 Å². The zero-order chi connectivity index (χ0) is 10.9. The van der Waals surface area contributed by atoms with E-state index in [-0.39, 0.29) is 0 Å². The smallest absolute Gasteiger partial charge is 0.130 e. The van der Waals surface area contributed by atoms with E-state index in [1.54, 1.807) is 6.20 Å². The summed E-state index contributed by atoms with van der Waals surface area (Å²) in [5.41, 5.74) is 0. The number of nitrogens with one attached hydrogen (secondary N) is 1. The molecule has 15 heavy (non-hydrogen) atoms. The van der Waals surface area contributed by atoms with E-state index < -0.39 is 0 Å². The zero-order valence-electron chi connectivity index (χ0n) is 9.70. The highest BCUT2D eigenvalue weighted by Crippen LogP contribution is 2.14. The Kier molecular flexibility index (Phi) is 6.32. The van der Waals surface area contributed by atoms with Crippen LogP contribution in [0, 0.1) is 0 Å². The molecule has 4 heteroatoms. The highest BCUT2D eigenvalue weighted by Gasteiger charge is 2.02. The van der Waals surface area contributed by atoms with Crippen LogP contribution in [0.4, 0.5) is 5.00 Å². The predicted octanol–water partition coefficient (Wildman–Crippen LogP) is 3.70. The number of nitrogens with zero attached hydrogens (tertiary/aromatic N) is 2. The van der Waals surface area contributed by atoms with E-state index in [9.17, 15) is 0 Å². The summed E-state index contributed by atoms with van der Waals surface area (Å²) >= 11 is 1.43. The maximum absolute atomic E-state index is 3.83. The minimum absolute atomic E-state index is 0.536. The predicted molar refractivity (Wildman–Crippen MR) is 66.4 cm³/mol. The quantitative estimate of drug-likeness (QED) is 0.688. The van der Waals surface area contributed by atoms with Crippen LogP contribution in [0.15, 0.2) is 6.20 Å². The molecule has 1 N–H and O–H groups in total. The molecule has 0 bridgehead atoms. The first kappa shape index (κ1) is 12.4. The number of aromatic nitrogens is 2. The monoisotopic (exact) mass is 227 g/mol. The van der Waals surface area contributed by atoms with Crippen LogP contribution in [-0.4, -0.2) is 15.6 Å². The molecule has 1 unspecified atom stereocenters. The van der Waals surface area contributed by atoms with Crippen molar-refractivity contribution in [1.29, 1.82) is 0 Å². The molecule has 0 amide bonds. The Morgan fingerprint density at radius 3 is 2.80 bits per heavy atom. The van der Waals surface area contributed by atoms with Crippen molar-refractivity contribution in [1.82, 2.24) is 9.59 Å². The van der Waals surface area contributed by atoms with Crippen molar-refractivity contribution < 1.29 is 0 Å². The van der Waals surface area contributed by atoms with E-state index in [0.717, 1.165) is 5.00 Å². The van der Waals surface area contributed by atoms with E-state index in [0.29, 0.717) is 6.04 Å². The van der Waals surface area contributed by atoms with Crippen LogP contribution in [0.1, 0.15) is 52.4 Å². The van der Waals surface area contributed by atoms with Gasteiger partial charge in [0.2, 0.25) is 0 Å². The SMILES string of the molecule is CCCCCCCC(C)Nc1cnns1. The molecule has 0 saturated heterocycles. The van der Waals surface area contributed by atoms with Gasteiger partial charge in [0, 0.05) is 17.6 Å². The van der Waals surface area contributed by atoms with Gasteiger partial charge in [0.05, 0.1) is 6.20 Å². The lowest BCUT2D eigenvalue weighted by Gasteiger charge is -2.12. The Balaban J connectivity index is 2.01. The van der Waals surface area contributed by atoms with Crippen LogP contribution in [-0.2, 0) is 0 Å². The fourth-order valence-electron chi connectivity index (χ4n) is 1.60. The van der Waals surface area contributed by atoms with Crippen molar-refractivity contribution in [2.45, 2.75) is 58.4 Å². The molecule has 0 aromatic carbocycles. The van der Waals surface area contributed by atoms with Gasteiger partial charge in [0.25, 0.3) is 0 Å². The van der Waals surface area contributed by atoms with Gasteiger partial charge in [0.15, 0.2) is 0 Å². The topological polar surface area (TPSA) is 37.8 Å². The fourth-order valence-corrected chi connectivity index (χ4v) is 2.13. The average Bonchev–Trinajstić information content (AvgIpc) is 2.70. The lowest BCUT2D eigenvalue weighted by Crippen LogP contribution is -2.13. The van der Waals surface area contributed by atoms with Crippen LogP contribution in [0.2, 0.25) is 0 Å². The van der Waals surface area contributed by atoms with Crippen LogP contribution in [0.5, 0.6) is 0 Å². The van der Waals surface area contributed by atoms with Gasteiger partial charge in [-0.3, -0.25) is 0 Å². The Morgan fingerprint density at radius 2 is 2.13 bits per heavy atom. The van der Waals surface area contributed by atoms with Gasteiger partial charge in [-0.2, -0.15) is 0 Å². The second-order valence-corrected chi connectivity index (χ2v) is 4.82. The minimum atomic E-state index is 0.536. The van der Waals surface area contributed by atoms with E-state index in [1.807, 2.05) is 0 Å². The van der Waals surface area contributed by atoms with Gasteiger partial charge in [-0.25, -0.2) is 0 Å². The van der Waals surface area contributed by atoms with Gasteiger partial charge in [-0.15, -0.1) is 5.10 Å². The third kappa shape index (κ3) is 5.72. The molecule has 0 fully saturated rings. The molecule has 1 aromatic rings. The van der Waals surface area contributed by atoms with E-state index in [1.165, 1.54) is 50.1 Å². The fraction of sp³-hybridized carbons (Fsp3) is 0.818. The third-order valence-corrected chi connectivity index (χ3v) is 3.09. The molecule has 0 aliphatic carbocycles.